The van der Waals surface area contributed by atoms with Crippen LogP contribution in [0.15, 0.2) is 36.4 Å². The average molecular weight is 373 g/mol. The van der Waals surface area contributed by atoms with E-state index in [1.54, 1.807) is 32.0 Å². The molecule has 1 aliphatic rings. The van der Waals surface area contributed by atoms with Crippen molar-refractivity contribution in [2.45, 2.75) is 25.7 Å². The second-order valence-electron chi connectivity index (χ2n) is 6.81. The number of carboxylic acid groups (broad SMARTS) is 1. The molecule has 0 aliphatic carbocycles. The van der Waals surface area contributed by atoms with Crippen LogP contribution < -0.4 is 14.8 Å². The number of nitrogens with one attached hydrogen (secondary N) is 1. The van der Waals surface area contributed by atoms with Gasteiger partial charge in [-0.15, -0.1) is 0 Å². The summed E-state index contributed by atoms with van der Waals surface area (Å²) in [5.74, 6) is -0.900. The molecule has 0 unspecified atom stereocenters. The minimum Gasteiger partial charge on any atom is -0.486 e. The van der Waals surface area contributed by atoms with Gasteiger partial charge in [-0.3, -0.25) is 9.59 Å². The second kappa shape index (κ2) is 7.26. The number of hydrogen-bond acceptors (Lipinski definition) is 4. The van der Waals surface area contributed by atoms with Crippen LogP contribution >= 0.6 is 0 Å². The van der Waals surface area contributed by atoms with Gasteiger partial charge in [0.15, 0.2) is 11.5 Å². The van der Waals surface area contributed by atoms with Gasteiger partial charge in [0.05, 0.1) is 11.8 Å². The summed E-state index contributed by atoms with van der Waals surface area (Å²) in [4.78, 5) is 23.5. The van der Waals surface area contributed by atoms with E-state index in [9.17, 15) is 14.0 Å². The Morgan fingerprint density at radius 1 is 1.11 bits per heavy atom. The minimum absolute atomic E-state index is 0.0617. The van der Waals surface area contributed by atoms with Crippen molar-refractivity contribution < 1.29 is 28.6 Å². The van der Waals surface area contributed by atoms with Crippen molar-refractivity contribution in [2.75, 3.05) is 18.5 Å². The lowest BCUT2D eigenvalue weighted by atomic mass is 9.83. The number of hydrogen-bond donors (Lipinski definition) is 2. The van der Waals surface area contributed by atoms with Gasteiger partial charge in [-0.2, -0.15) is 0 Å². The molecule has 142 valence electrons. The van der Waals surface area contributed by atoms with E-state index in [0.717, 1.165) is 11.6 Å². The zero-order chi connectivity index (χ0) is 19.6. The first-order valence-electron chi connectivity index (χ1n) is 8.49. The standard InChI is InChI=1S/C20H20FNO5/c1-20(2,13-4-6-16-17(10-13)27-8-7-26-16)19(25)22-14-5-3-12(9-18(23)24)15(21)11-14/h3-6,10-11H,7-9H2,1-2H3,(H,22,25)(H,23,24). The number of halogens is 1. The molecule has 0 atom stereocenters. The van der Waals surface area contributed by atoms with Crippen LogP contribution in [0.2, 0.25) is 0 Å². The molecule has 2 N–H and O–H groups in total. The molecule has 1 heterocycles. The molecule has 2 aromatic rings. The van der Waals surface area contributed by atoms with Crippen molar-refractivity contribution in [3.8, 4) is 11.5 Å². The van der Waals surface area contributed by atoms with Crippen LogP contribution in [0.1, 0.15) is 25.0 Å². The van der Waals surface area contributed by atoms with Crippen molar-refractivity contribution in [1.29, 1.82) is 0 Å². The second-order valence-corrected chi connectivity index (χ2v) is 6.81. The van der Waals surface area contributed by atoms with Gasteiger partial charge < -0.3 is 19.9 Å². The van der Waals surface area contributed by atoms with Gasteiger partial charge in [0.2, 0.25) is 5.91 Å². The molecular weight excluding hydrogens is 353 g/mol. The zero-order valence-electron chi connectivity index (χ0n) is 15.0. The Morgan fingerprint density at radius 2 is 1.81 bits per heavy atom. The van der Waals surface area contributed by atoms with E-state index in [0.29, 0.717) is 24.7 Å². The summed E-state index contributed by atoms with van der Waals surface area (Å²) in [5, 5.41) is 11.5. The summed E-state index contributed by atoms with van der Waals surface area (Å²) in [6.45, 7) is 4.44. The lowest BCUT2D eigenvalue weighted by Crippen LogP contribution is -2.35. The molecule has 0 radical (unpaired) electrons. The molecular formula is C20H20FNO5. The van der Waals surface area contributed by atoms with E-state index in [1.165, 1.54) is 12.1 Å². The molecule has 3 rings (SSSR count). The monoisotopic (exact) mass is 373 g/mol. The number of carboxylic acids is 1. The Hall–Kier alpha value is -3.09. The maximum atomic E-state index is 14.0. The first-order valence-corrected chi connectivity index (χ1v) is 8.49. The fourth-order valence-electron chi connectivity index (χ4n) is 2.78. The molecule has 0 saturated carbocycles. The number of carbonyl (C=O) groups excluding carboxylic acids is 1. The van der Waals surface area contributed by atoms with Crippen LogP contribution in [-0.4, -0.2) is 30.2 Å². The Labute approximate surface area is 155 Å². The maximum Gasteiger partial charge on any atom is 0.307 e. The number of amides is 1. The predicted molar refractivity (Wildman–Crippen MR) is 96.8 cm³/mol. The third-order valence-electron chi connectivity index (χ3n) is 4.48. The van der Waals surface area contributed by atoms with Gasteiger partial charge in [0.1, 0.15) is 19.0 Å². The van der Waals surface area contributed by atoms with Crippen molar-refractivity contribution >= 4 is 17.6 Å². The Bertz CT molecular complexity index is 894. The first kappa shape index (κ1) is 18.7. The highest BCUT2D eigenvalue weighted by atomic mass is 19.1. The number of ether oxygens (including phenoxy) is 2. The van der Waals surface area contributed by atoms with Gasteiger partial charge in [0, 0.05) is 5.69 Å². The smallest absolute Gasteiger partial charge is 0.307 e. The van der Waals surface area contributed by atoms with E-state index >= 15 is 0 Å². The van der Waals surface area contributed by atoms with Gasteiger partial charge >= 0.3 is 5.97 Å². The molecule has 27 heavy (non-hydrogen) atoms. The van der Waals surface area contributed by atoms with Gasteiger partial charge in [-0.1, -0.05) is 12.1 Å². The average Bonchev–Trinajstić information content (AvgIpc) is 2.63. The van der Waals surface area contributed by atoms with Crippen LogP contribution in [0.3, 0.4) is 0 Å². The fraction of sp³-hybridized carbons (Fsp3) is 0.300. The van der Waals surface area contributed by atoms with E-state index in [1.807, 2.05) is 0 Å². The molecule has 7 heteroatoms. The third kappa shape index (κ3) is 4.02. The summed E-state index contributed by atoms with van der Waals surface area (Å²) >= 11 is 0. The molecule has 1 aliphatic heterocycles. The highest BCUT2D eigenvalue weighted by Crippen LogP contribution is 2.35. The molecule has 1 amide bonds. The largest absolute Gasteiger partial charge is 0.486 e. The molecule has 0 fully saturated rings. The number of fused-ring (bicyclic) bond motifs is 1. The lowest BCUT2D eigenvalue weighted by molar-refractivity contribution is -0.136. The quantitative estimate of drug-likeness (QED) is 0.841. The molecule has 0 spiro atoms. The van der Waals surface area contributed by atoms with Gasteiger partial charge in [-0.05, 0) is 49.2 Å². The summed E-state index contributed by atoms with van der Waals surface area (Å²) in [7, 11) is 0. The number of anilines is 1. The van der Waals surface area contributed by atoms with Crippen molar-refractivity contribution in [3.05, 3.63) is 53.3 Å². The SMILES string of the molecule is CC(C)(C(=O)Nc1ccc(CC(=O)O)c(F)c1)c1ccc2c(c1)OCCO2. The van der Waals surface area contributed by atoms with E-state index < -0.39 is 23.6 Å². The van der Waals surface area contributed by atoms with Crippen LogP contribution in [0.25, 0.3) is 0 Å². The van der Waals surface area contributed by atoms with Crippen LogP contribution in [0.5, 0.6) is 11.5 Å². The topological polar surface area (TPSA) is 84.9 Å². The summed E-state index contributed by atoms with van der Waals surface area (Å²) in [6, 6.07) is 9.29. The predicted octanol–water partition coefficient (Wildman–Crippen LogP) is 3.14. The van der Waals surface area contributed by atoms with E-state index in [4.69, 9.17) is 14.6 Å². The summed E-state index contributed by atoms with van der Waals surface area (Å²) < 4.78 is 25.1. The molecule has 0 bridgehead atoms. The normalized spacial score (nSPS) is 13.1. The van der Waals surface area contributed by atoms with Gasteiger partial charge in [0.25, 0.3) is 0 Å². The van der Waals surface area contributed by atoms with Crippen LogP contribution in [0.4, 0.5) is 10.1 Å². The number of carbonyl (C=O) groups is 2. The number of benzene rings is 2. The van der Waals surface area contributed by atoms with Crippen LogP contribution in [-0.2, 0) is 21.4 Å². The lowest BCUT2D eigenvalue weighted by Gasteiger charge is -2.26. The molecule has 0 aromatic heterocycles. The van der Waals surface area contributed by atoms with Crippen LogP contribution in [0, 0.1) is 5.82 Å². The number of rotatable bonds is 5. The maximum absolute atomic E-state index is 14.0. The molecule has 2 aromatic carbocycles. The van der Waals surface area contributed by atoms with Gasteiger partial charge in [-0.25, -0.2) is 4.39 Å². The Balaban J connectivity index is 1.78. The minimum atomic E-state index is -1.12. The summed E-state index contributed by atoms with van der Waals surface area (Å²) in [6.07, 6.45) is -0.414. The highest BCUT2D eigenvalue weighted by Gasteiger charge is 2.31. The fourth-order valence-corrected chi connectivity index (χ4v) is 2.78. The van der Waals surface area contributed by atoms with E-state index in [2.05, 4.69) is 5.32 Å². The number of aliphatic carboxylic acids is 1. The highest BCUT2D eigenvalue weighted by molar-refractivity contribution is 5.98. The molecule has 6 nitrogen and oxygen atoms in total. The first-order chi connectivity index (χ1) is 12.8. The third-order valence-corrected chi connectivity index (χ3v) is 4.48. The molecule has 0 saturated heterocycles. The Kier molecular flexibility index (Phi) is 5.03. The van der Waals surface area contributed by atoms with E-state index in [-0.39, 0.29) is 17.2 Å². The van der Waals surface area contributed by atoms with Crippen molar-refractivity contribution in [2.24, 2.45) is 0 Å². The zero-order valence-corrected chi connectivity index (χ0v) is 15.0. The van der Waals surface area contributed by atoms with Crippen molar-refractivity contribution in [3.63, 3.8) is 0 Å². The van der Waals surface area contributed by atoms with Crippen molar-refractivity contribution in [1.82, 2.24) is 0 Å². The Morgan fingerprint density at radius 3 is 2.48 bits per heavy atom. The summed E-state index contributed by atoms with van der Waals surface area (Å²) in [5.41, 5.74) is 0.141.